The molecule has 0 aliphatic heterocycles. The maximum atomic E-state index is 12.9. The Morgan fingerprint density at radius 1 is 0.897 bits per heavy atom. The largest absolute Gasteiger partial charge is 0.494 e. The summed E-state index contributed by atoms with van der Waals surface area (Å²) in [5, 5.41) is 5.89. The Bertz CT molecular complexity index is 696. The van der Waals surface area contributed by atoms with E-state index < -0.39 is 0 Å². The van der Waals surface area contributed by atoms with Crippen molar-refractivity contribution < 1.29 is 19.1 Å². The maximum Gasteiger partial charge on any atom is 0.258 e. The molecule has 0 radical (unpaired) electrons. The molecule has 4 aliphatic rings. The van der Waals surface area contributed by atoms with Gasteiger partial charge in [-0.3, -0.25) is 9.59 Å². The van der Waals surface area contributed by atoms with E-state index >= 15 is 0 Å². The Hall–Kier alpha value is -2.24. The van der Waals surface area contributed by atoms with Crippen molar-refractivity contribution in [2.75, 3.05) is 26.3 Å². The molecule has 0 saturated heterocycles. The van der Waals surface area contributed by atoms with Gasteiger partial charge in [-0.1, -0.05) is 0 Å². The molecule has 0 atom stereocenters. The summed E-state index contributed by atoms with van der Waals surface area (Å²) in [6.45, 7) is 3.39. The average Bonchev–Trinajstić information content (AvgIpc) is 2.70. The van der Waals surface area contributed by atoms with Gasteiger partial charge in [0, 0.05) is 18.5 Å². The van der Waals surface area contributed by atoms with Gasteiger partial charge in [-0.25, -0.2) is 0 Å². The highest BCUT2D eigenvalue weighted by atomic mass is 16.5. The molecule has 0 unspecified atom stereocenters. The lowest BCUT2D eigenvalue weighted by atomic mass is 9.49. The number of rotatable bonds is 9. The fourth-order valence-electron chi connectivity index (χ4n) is 5.95. The maximum absolute atomic E-state index is 12.9. The van der Waals surface area contributed by atoms with Crippen LogP contribution in [0.4, 0.5) is 0 Å². The smallest absolute Gasteiger partial charge is 0.258 e. The van der Waals surface area contributed by atoms with E-state index in [9.17, 15) is 9.59 Å². The SMILES string of the molecule is CCOc1ccc(OCC(=O)NCCNC(=O)C23CC4CC(CC(C4)C2)C3)cc1. The number of carbonyl (C=O) groups is 2. The molecule has 1 aromatic carbocycles. The van der Waals surface area contributed by atoms with Crippen LogP contribution in [0.15, 0.2) is 24.3 Å². The van der Waals surface area contributed by atoms with Gasteiger partial charge in [0.15, 0.2) is 6.61 Å². The van der Waals surface area contributed by atoms with Crippen LogP contribution in [-0.4, -0.2) is 38.1 Å². The van der Waals surface area contributed by atoms with Crippen LogP contribution in [0, 0.1) is 23.2 Å². The molecule has 2 amide bonds. The predicted molar refractivity (Wildman–Crippen MR) is 110 cm³/mol. The van der Waals surface area contributed by atoms with Crippen molar-refractivity contribution in [2.24, 2.45) is 23.2 Å². The summed E-state index contributed by atoms with van der Waals surface area (Å²) >= 11 is 0. The number of nitrogens with one attached hydrogen (secondary N) is 2. The first-order chi connectivity index (χ1) is 14.1. The second kappa shape index (κ2) is 8.64. The molecular formula is C23H32N2O4. The first kappa shape index (κ1) is 20.0. The average molecular weight is 401 g/mol. The van der Waals surface area contributed by atoms with Gasteiger partial charge in [-0.2, -0.15) is 0 Å². The van der Waals surface area contributed by atoms with Gasteiger partial charge in [0.2, 0.25) is 5.91 Å². The molecule has 5 rings (SSSR count). The number of hydrogen-bond donors (Lipinski definition) is 2. The van der Waals surface area contributed by atoms with Gasteiger partial charge in [0.1, 0.15) is 11.5 Å². The Morgan fingerprint density at radius 2 is 1.41 bits per heavy atom. The van der Waals surface area contributed by atoms with Crippen molar-refractivity contribution in [3.8, 4) is 11.5 Å². The van der Waals surface area contributed by atoms with E-state index in [1.807, 2.05) is 19.1 Å². The van der Waals surface area contributed by atoms with Gasteiger partial charge >= 0.3 is 0 Å². The molecule has 0 heterocycles. The molecule has 2 N–H and O–H groups in total. The predicted octanol–water partition coefficient (Wildman–Crippen LogP) is 2.91. The number of carbonyl (C=O) groups excluding carboxylic acids is 2. The lowest BCUT2D eigenvalue weighted by Gasteiger charge is -2.55. The van der Waals surface area contributed by atoms with Crippen LogP contribution in [0.1, 0.15) is 45.4 Å². The minimum absolute atomic E-state index is 0.0447. The van der Waals surface area contributed by atoms with Gasteiger partial charge in [-0.15, -0.1) is 0 Å². The molecule has 4 fully saturated rings. The van der Waals surface area contributed by atoms with Gasteiger partial charge in [0.25, 0.3) is 5.91 Å². The number of ether oxygens (including phenoxy) is 2. The minimum Gasteiger partial charge on any atom is -0.494 e. The molecule has 0 spiro atoms. The molecule has 0 aromatic heterocycles. The summed E-state index contributed by atoms with van der Waals surface area (Å²) in [5.74, 6) is 3.68. The van der Waals surface area contributed by atoms with Gasteiger partial charge in [-0.05, 0) is 87.5 Å². The van der Waals surface area contributed by atoms with Crippen molar-refractivity contribution in [1.82, 2.24) is 10.6 Å². The highest BCUT2D eigenvalue weighted by molar-refractivity contribution is 5.83. The van der Waals surface area contributed by atoms with E-state index in [0.717, 1.165) is 42.8 Å². The normalized spacial score (nSPS) is 29.3. The molecule has 4 aliphatic carbocycles. The highest BCUT2D eigenvalue weighted by Gasteiger charge is 2.54. The van der Waals surface area contributed by atoms with E-state index in [2.05, 4.69) is 10.6 Å². The second-order valence-corrected chi connectivity index (χ2v) is 9.00. The quantitative estimate of drug-likeness (QED) is 0.625. The summed E-state index contributed by atoms with van der Waals surface area (Å²) in [4.78, 5) is 24.8. The highest BCUT2D eigenvalue weighted by Crippen LogP contribution is 2.60. The Kier molecular flexibility index (Phi) is 5.97. The van der Waals surface area contributed by atoms with Crippen LogP contribution in [0.5, 0.6) is 11.5 Å². The van der Waals surface area contributed by atoms with E-state index in [1.54, 1.807) is 12.1 Å². The van der Waals surface area contributed by atoms with Crippen LogP contribution in [0.3, 0.4) is 0 Å². The van der Waals surface area contributed by atoms with Crippen molar-refractivity contribution in [2.45, 2.75) is 45.4 Å². The minimum atomic E-state index is -0.192. The zero-order valence-electron chi connectivity index (χ0n) is 17.2. The summed E-state index contributed by atoms with van der Waals surface area (Å²) in [6, 6.07) is 7.20. The van der Waals surface area contributed by atoms with Gasteiger partial charge < -0.3 is 20.1 Å². The van der Waals surface area contributed by atoms with Crippen molar-refractivity contribution in [3.63, 3.8) is 0 Å². The number of benzene rings is 1. The molecule has 158 valence electrons. The number of hydrogen-bond acceptors (Lipinski definition) is 4. The molecule has 6 nitrogen and oxygen atoms in total. The van der Waals surface area contributed by atoms with Crippen molar-refractivity contribution in [3.05, 3.63) is 24.3 Å². The van der Waals surface area contributed by atoms with Crippen molar-refractivity contribution >= 4 is 11.8 Å². The third-order valence-corrected chi connectivity index (χ3v) is 6.76. The second-order valence-electron chi connectivity index (χ2n) is 9.00. The summed E-state index contributed by atoms with van der Waals surface area (Å²) in [6.07, 6.45) is 7.18. The molecule has 4 saturated carbocycles. The zero-order valence-corrected chi connectivity index (χ0v) is 17.2. The summed E-state index contributed by atoms with van der Waals surface area (Å²) in [7, 11) is 0. The molecular weight excluding hydrogens is 368 g/mol. The lowest BCUT2D eigenvalue weighted by molar-refractivity contribution is -0.146. The first-order valence-electron chi connectivity index (χ1n) is 11.0. The van der Waals surface area contributed by atoms with Crippen LogP contribution in [0.2, 0.25) is 0 Å². The Balaban J connectivity index is 1.14. The summed E-state index contributed by atoms with van der Waals surface area (Å²) < 4.78 is 10.9. The standard InChI is InChI=1S/C23H32N2O4/c1-2-28-19-3-5-20(6-4-19)29-15-21(26)24-7-8-25-22(27)23-12-16-9-17(13-23)11-18(10-16)14-23/h3-6,16-18H,2,7-15H2,1H3,(H,24,26)(H,25,27). The number of amides is 2. The van der Waals surface area contributed by atoms with E-state index in [4.69, 9.17) is 9.47 Å². The monoisotopic (exact) mass is 400 g/mol. The third-order valence-electron chi connectivity index (χ3n) is 6.76. The third kappa shape index (κ3) is 4.68. The van der Waals surface area contributed by atoms with E-state index in [-0.39, 0.29) is 23.8 Å². The van der Waals surface area contributed by atoms with E-state index in [0.29, 0.717) is 25.4 Å². The molecule has 1 aromatic rings. The molecule has 4 bridgehead atoms. The van der Waals surface area contributed by atoms with Crippen LogP contribution in [-0.2, 0) is 9.59 Å². The first-order valence-corrected chi connectivity index (χ1v) is 11.0. The lowest BCUT2D eigenvalue weighted by Crippen LogP contribution is -2.54. The fourth-order valence-corrected chi connectivity index (χ4v) is 5.95. The zero-order chi connectivity index (χ0) is 20.3. The topological polar surface area (TPSA) is 76.7 Å². The van der Waals surface area contributed by atoms with Crippen LogP contribution >= 0.6 is 0 Å². The summed E-state index contributed by atoms with van der Waals surface area (Å²) in [5.41, 5.74) is -0.129. The van der Waals surface area contributed by atoms with Gasteiger partial charge in [0.05, 0.1) is 6.61 Å². The fraction of sp³-hybridized carbons (Fsp3) is 0.652. The van der Waals surface area contributed by atoms with Crippen molar-refractivity contribution in [1.29, 1.82) is 0 Å². The molecule has 6 heteroatoms. The Morgan fingerprint density at radius 3 is 1.97 bits per heavy atom. The van der Waals surface area contributed by atoms with Crippen LogP contribution in [0.25, 0.3) is 0 Å². The van der Waals surface area contributed by atoms with Crippen LogP contribution < -0.4 is 20.1 Å². The van der Waals surface area contributed by atoms with E-state index in [1.165, 1.54) is 19.3 Å². The Labute approximate surface area is 172 Å². The molecule has 29 heavy (non-hydrogen) atoms.